The van der Waals surface area contributed by atoms with Gasteiger partial charge in [0, 0.05) is 11.7 Å². The van der Waals surface area contributed by atoms with E-state index in [1.54, 1.807) is 10.9 Å². The minimum atomic E-state index is -3.67. The largest absolute Gasteiger partial charge is 0.266 e. The van der Waals surface area contributed by atoms with Crippen molar-refractivity contribution in [2.45, 2.75) is 37.8 Å². The predicted octanol–water partition coefficient (Wildman–Crippen LogP) is 3.74. The first-order chi connectivity index (χ1) is 11.7. The number of sulfonamides is 1. The Morgan fingerprint density at radius 1 is 1.12 bits per heavy atom. The highest BCUT2D eigenvalue weighted by Gasteiger charge is 2.28. The molecule has 0 aliphatic carbocycles. The summed E-state index contributed by atoms with van der Waals surface area (Å²) < 4.78 is 30.1. The molecule has 0 unspecified atom stereocenters. The van der Waals surface area contributed by atoms with Crippen molar-refractivity contribution in [1.29, 1.82) is 0 Å². The van der Waals surface area contributed by atoms with Gasteiger partial charge in [0.05, 0.1) is 11.4 Å². The second kappa shape index (κ2) is 6.74. The molecule has 2 heterocycles. The van der Waals surface area contributed by atoms with E-state index < -0.39 is 15.6 Å². The standard InChI is InChI=1S/C18H21N3O2S2/c1-18(2,3)20-25(22,23)16-13-21(12-14-8-5-4-6-9-14)19-17(16)15-10-7-11-24-15/h4-11,13,20H,12H2,1-3H3. The Morgan fingerprint density at radius 2 is 1.84 bits per heavy atom. The van der Waals surface area contributed by atoms with E-state index in [1.807, 2.05) is 68.6 Å². The summed E-state index contributed by atoms with van der Waals surface area (Å²) in [6, 6.07) is 13.6. The molecule has 0 atom stereocenters. The zero-order chi connectivity index (χ0) is 18.1. The molecule has 0 aliphatic heterocycles. The second-order valence-corrected chi connectivity index (χ2v) is 9.46. The minimum Gasteiger partial charge on any atom is -0.266 e. The summed E-state index contributed by atoms with van der Waals surface area (Å²) in [7, 11) is -3.67. The molecule has 0 bridgehead atoms. The highest BCUT2D eigenvalue weighted by Crippen LogP contribution is 2.30. The van der Waals surface area contributed by atoms with Crippen LogP contribution >= 0.6 is 11.3 Å². The monoisotopic (exact) mass is 375 g/mol. The molecule has 0 saturated carbocycles. The van der Waals surface area contributed by atoms with Crippen molar-refractivity contribution in [3.8, 4) is 10.6 Å². The lowest BCUT2D eigenvalue weighted by atomic mass is 10.1. The van der Waals surface area contributed by atoms with E-state index in [0.29, 0.717) is 12.2 Å². The quantitative estimate of drug-likeness (QED) is 0.739. The number of hydrogen-bond donors (Lipinski definition) is 1. The Hall–Kier alpha value is -1.96. The van der Waals surface area contributed by atoms with Gasteiger partial charge in [-0.3, -0.25) is 4.68 Å². The van der Waals surface area contributed by atoms with Gasteiger partial charge in [-0.1, -0.05) is 36.4 Å². The van der Waals surface area contributed by atoms with Gasteiger partial charge in [0.2, 0.25) is 10.0 Å². The van der Waals surface area contributed by atoms with Crippen molar-refractivity contribution >= 4 is 21.4 Å². The molecular weight excluding hydrogens is 354 g/mol. The summed E-state index contributed by atoms with van der Waals surface area (Å²) in [5, 5.41) is 6.47. The second-order valence-electron chi connectivity index (χ2n) is 6.86. The zero-order valence-electron chi connectivity index (χ0n) is 14.4. The van der Waals surface area contributed by atoms with Crippen molar-refractivity contribution < 1.29 is 8.42 Å². The lowest BCUT2D eigenvalue weighted by molar-refractivity contribution is 0.491. The molecule has 3 rings (SSSR count). The fraction of sp³-hybridized carbons (Fsp3) is 0.278. The molecule has 3 aromatic rings. The van der Waals surface area contributed by atoms with Gasteiger partial charge < -0.3 is 0 Å². The highest BCUT2D eigenvalue weighted by molar-refractivity contribution is 7.89. The number of hydrogen-bond acceptors (Lipinski definition) is 4. The van der Waals surface area contributed by atoms with E-state index in [9.17, 15) is 8.42 Å². The summed E-state index contributed by atoms with van der Waals surface area (Å²) in [5.74, 6) is 0. The van der Waals surface area contributed by atoms with Crippen LogP contribution in [0.2, 0.25) is 0 Å². The van der Waals surface area contributed by atoms with Crippen LogP contribution in [0.5, 0.6) is 0 Å². The smallest absolute Gasteiger partial charge is 0.244 e. The fourth-order valence-corrected chi connectivity index (χ4v) is 4.86. The number of nitrogens with zero attached hydrogens (tertiary/aromatic N) is 2. The van der Waals surface area contributed by atoms with Crippen molar-refractivity contribution in [3.05, 3.63) is 59.6 Å². The summed E-state index contributed by atoms with van der Waals surface area (Å²) in [5.41, 5.74) is 0.991. The molecule has 25 heavy (non-hydrogen) atoms. The molecule has 0 radical (unpaired) electrons. The van der Waals surface area contributed by atoms with Crippen molar-refractivity contribution in [3.63, 3.8) is 0 Å². The maximum atomic E-state index is 12.9. The summed E-state index contributed by atoms with van der Waals surface area (Å²) in [6.45, 7) is 5.99. The maximum absolute atomic E-state index is 12.9. The molecule has 0 saturated heterocycles. The van der Waals surface area contributed by atoms with Crippen LogP contribution < -0.4 is 4.72 Å². The molecule has 2 aromatic heterocycles. The Morgan fingerprint density at radius 3 is 2.44 bits per heavy atom. The molecule has 132 valence electrons. The molecule has 0 spiro atoms. The van der Waals surface area contributed by atoms with E-state index >= 15 is 0 Å². The van der Waals surface area contributed by atoms with E-state index in [2.05, 4.69) is 9.82 Å². The van der Waals surface area contributed by atoms with E-state index in [4.69, 9.17) is 0 Å². The molecule has 5 nitrogen and oxygen atoms in total. The molecule has 1 aromatic carbocycles. The van der Waals surface area contributed by atoms with Gasteiger partial charge >= 0.3 is 0 Å². The zero-order valence-corrected chi connectivity index (χ0v) is 16.1. The molecule has 0 aliphatic rings. The van der Waals surface area contributed by atoms with Crippen LogP contribution in [0.15, 0.2) is 58.9 Å². The number of nitrogens with one attached hydrogen (secondary N) is 1. The topological polar surface area (TPSA) is 64.0 Å². The van der Waals surface area contributed by atoms with Crippen molar-refractivity contribution in [1.82, 2.24) is 14.5 Å². The van der Waals surface area contributed by atoms with E-state index in [-0.39, 0.29) is 4.90 Å². The minimum absolute atomic E-state index is 0.209. The lowest BCUT2D eigenvalue weighted by Crippen LogP contribution is -2.40. The van der Waals surface area contributed by atoms with Crippen LogP contribution in [0.25, 0.3) is 10.6 Å². The lowest BCUT2D eigenvalue weighted by Gasteiger charge is -2.20. The van der Waals surface area contributed by atoms with Gasteiger partial charge in [0.25, 0.3) is 0 Å². The highest BCUT2D eigenvalue weighted by atomic mass is 32.2. The SMILES string of the molecule is CC(C)(C)NS(=O)(=O)c1cn(Cc2ccccc2)nc1-c1cccs1. The summed E-state index contributed by atoms with van der Waals surface area (Å²) in [6.07, 6.45) is 1.61. The van der Waals surface area contributed by atoms with Gasteiger partial charge in [0.15, 0.2) is 0 Å². The molecular formula is C18H21N3O2S2. The van der Waals surface area contributed by atoms with Crippen LogP contribution in [-0.4, -0.2) is 23.7 Å². The predicted molar refractivity (Wildman–Crippen MR) is 101 cm³/mol. The van der Waals surface area contributed by atoms with Gasteiger partial charge in [-0.2, -0.15) is 5.10 Å². The Kier molecular flexibility index (Phi) is 4.81. The van der Waals surface area contributed by atoms with Crippen molar-refractivity contribution in [2.75, 3.05) is 0 Å². The van der Waals surface area contributed by atoms with Crippen LogP contribution in [0.4, 0.5) is 0 Å². The Bertz CT molecular complexity index is 938. The number of benzene rings is 1. The number of aromatic nitrogens is 2. The Balaban J connectivity index is 2.04. The van der Waals surface area contributed by atoms with Crippen LogP contribution in [0.1, 0.15) is 26.3 Å². The van der Waals surface area contributed by atoms with Gasteiger partial charge in [-0.25, -0.2) is 13.1 Å². The molecule has 1 N–H and O–H groups in total. The first-order valence-corrected chi connectivity index (χ1v) is 10.3. The summed E-state index contributed by atoms with van der Waals surface area (Å²) in [4.78, 5) is 1.04. The van der Waals surface area contributed by atoms with Crippen LogP contribution in [-0.2, 0) is 16.6 Å². The molecule has 0 fully saturated rings. The average Bonchev–Trinajstić information content (AvgIpc) is 3.14. The average molecular weight is 376 g/mol. The van der Waals surface area contributed by atoms with Crippen LogP contribution in [0.3, 0.4) is 0 Å². The number of rotatable bonds is 5. The summed E-state index contributed by atoms with van der Waals surface area (Å²) >= 11 is 1.48. The maximum Gasteiger partial charge on any atom is 0.244 e. The van der Waals surface area contributed by atoms with Crippen molar-refractivity contribution in [2.24, 2.45) is 0 Å². The first kappa shape index (κ1) is 17.8. The van der Waals surface area contributed by atoms with Crippen LogP contribution in [0, 0.1) is 0 Å². The van der Waals surface area contributed by atoms with Gasteiger partial charge in [-0.05, 0) is 37.8 Å². The normalized spacial score (nSPS) is 12.4. The van der Waals surface area contributed by atoms with Gasteiger partial charge in [-0.15, -0.1) is 11.3 Å². The van der Waals surface area contributed by atoms with Gasteiger partial charge in [0.1, 0.15) is 10.6 Å². The van der Waals surface area contributed by atoms with E-state index in [0.717, 1.165) is 10.4 Å². The Labute approximate surface area is 152 Å². The third-order valence-corrected chi connectivity index (χ3v) is 6.04. The van der Waals surface area contributed by atoms with E-state index in [1.165, 1.54) is 11.3 Å². The third kappa shape index (κ3) is 4.36. The first-order valence-electron chi connectivity index (χ1n) is 7.94. The molecule has 7 heteroatoms. The third-order valence-electron chi connectivity index (χ3n) is 3.40. The molecule has 0 amide bonds. The number of thiophene rings is 1. The fourth-order valence-electron chi connectivity index (χ4n) is 2.49.